The summed E-state index contributed by atoms with van der Waals surface area (Å²) >= 11 is 0. The van der Waals surface area contributed by atoms with Crippen molar-refractivity contribution < 1.29 is 28.5 Å². The van der Waals surface area contributed by atoms with Gasteiger partial charge in [-0.3, -0.25) is 9.36 Å². The molecule has 5 rings (SSSR count). The molecule has 4 aliphatic rings. The van der Waals surface area contributed by atoms with Gasteiger partial charge in [-0.05, 0) is 70.8 Å². The van der Waals surface area contributed by atoms with Crippen LogP contribution in [-0.2, 0) is 36.9 Å². The van der Waals surface area contributed by atoms with Gasteiger partial charge in [0, 0.05) is 42.7 Å². The Kier molecular flexibility index (Phi) is 5.51. The van der Waals surface area contributed by atoms with Crippen LogP contribution in [0.1, 0.15) is 50.3 Å². The lowest BCUT2D eigenvalue weighted by molar-refractivity contribution is -0.154. The van der Waals surface area contributed by atoms with Gasteiger partial charge in [-0.25, -0.2) is 0 Å². The summed E-state index contributed by atoms with van der Waals surface area (Å²) in [5.41, 5.74) is 2.37. The van der Waals surface area contributed by atoms with Crippen LogP contribution in [0.15, 0.2) is 18.2 Å². The molecule has 1 N–H and O–H groups in total. The first-order chi connectivity index (χ1) is 15.8. The summed E-state index contributed by atoms with van der Waals surface area (Å²) in [7, 11) is -0.594. The molecule has 1 aromatic carbocycles. The number of esters is 1. The predicted molar refractivity (Wildman–Crippen MR) is 130 cm³/mol. The van der Waals surface area contributed by atoms with Gasteiger partial charge in [0.25, 0.3) is 0 Å². The fourth-order valence-electron chi connectivity index (χ4n) is 6.62. The van der Waals surface area contributed by atoms with E-state index in [-0.39, 0.29) is 41.6 Å². The second-order valence-electron chi connectivity index (χ2n) is 11.6. The molecule has 1 aromatic rings. The lowest BCUT2D eigenvalue weighted by atomic mass is 9.53. The first-order valence-corrected chi connectivity index (χ1v) is 14.7. The molecule has 0 amide bonds. The van der Waals surface area contributed by atoms with E-state index >= 15 is 0 Å². The predicted octanol–water partition coefficient (Wildman–Crippen LogP) is 4.03. The van der Waals surface area contributed by atoms with Crippen molar-refractivity contribution in [1.29, 1.82) is 0 Å². The molecule has 2 heterocycles. The normalized spacial score (nSPS) is 31.7. The number of phenolic OH excluding ortho intramolecular Hbond substituents is 1. The number of hydrogen-bond acceptors (Lipinski definition) is 7. The highest BCUT2D eigenvalue weighted by atomic mass is 31.2. The molecular formula is C26H36NO6P. The minimum Gasteiger partial charge on any atom is -0.504 e. The molecule has 8 heteroatoms. The van der Waals surface area contributed by atoms with Gasteiger partial charge in [0.1, 0.15) is 17.8 Å². The van der Waals surface area contributed by atoms with Crippen LogP contribution in [0.5, 0.6) is 11.5 Å². The fraction of sp³-hybridized carbons (Fsp3) is 0.654. The summed E-state index contributed by atoms with van der Waals surface area (Å²) in [4.78, 5) is 14.9. The van der Waals surface area contributed by atoms with E-state index in [1.54, 1.807) is 19.4 Å². The Bertz CT molecular complexity index is 1100. The van der Waals surface area contributed by atoms with Gasteiger partial charge in [0.15, 0.2) is 18.9 Å². The van der Waals surface area contributed by atoms with Gasteiger partial charge in [-0.15, -0.1) is 0 Å². The Morgan fingerprint density at radius 2 is 2.06 bits per heavy atom. The van der Waals surface area contributed by atoms with E-state index in [4.69, 9.17) is 14.0 Å². The fourth-order valence-corrected chi connectivity index (χ4v) is 7.38. The van der Waals surface area contributed by atoms with Crippen molar-refractivity contribution in [1.82, 2.24) is 4.90 Å². The molecule has 34 heavy (non-hydrogen) atoms. The molecule has 2 aliphatic heterocycles. The zero-order chi connectivity index (χ0) is 24.6. The SMILES string of the molecule is CN1CC[C@]23c4c5c(CCC(=O)OC(C)(C)C)cc(O)c4O[C@H]2[C@@H](OP(C)(C)=O)C=CC3[C@H]1C5. The van der Waals surface area contributed by atoms with Crippen LogP contribution in [0, 0.1) is 5.92 Å². The molecule has 0 radical (unpaired) electrons. The zero-order valence-corrected chi connectivity index (χ0v) is 21.9. The van der Waals surface area contributed by atoms with Crippen LogP contribution in [0.4, 0.5) is 0 Å². The Morgan fingerprint density at radius 3 is 2.74 bits per heavy atom. The number of aryl methyl sites for hydroxylation is 1. The Morgan fingerprint density at radius 1 is 1.32 bits per heavy atom. The molecule has 1 spiro atoms. The summed E-state index contributed by atoms with van der Waals surface area (Å²) in [6.07, 6.45) is 5.91. The van der Waals surface area contributed by atoms with Gasteiger partial charge in [-0.1, -0.05) is 12.2 Å². The highest BCUT2D eigenvalue weighted by Crippen LogP contribution is 2.64. The molecule has 2 aliphatic carbocycles. The topological polar surface area (TPSA) is 85.3 Å². The van der Waals surface area contributed by atoms with Gasteiger partial charge in [0.05, 0.1) is 0 Å². The lowest BCUT2D eigenvalue weighted by Gasteiger charge is -2.57. The third-order valence-corrected chi connectivity index (χ3v) is 8.50. The first kappa shape index (κ1) is 23.9. The number of likely N-dealkylation sites (N-methyl/N-ethyl adjacent to an activating group) is 1. The monoisotopic (exact) mass is 489 g/mol. The van der Waals surface area contributed by atoms with Gasteiger partial charge < -0.3 is 24.0 Å². The molecule has 2 bridgehead atoms. The molecule has 0 aromatic heterocycles. The van der Waals surface area contributed by atoms with Crippen molar-refractivity contribution >= 4 is 13.3 Å². The van der Waals surface area contributed by atoms with E-state index in [9.17, 15) is 14.5 Å². The smallest absolute Gasteiger partial charge is 0.306 e. The number of nitrogens with zero attached hydrogens (tertiary/aromatic N) is 1. The molecule has 0 saturated carbocycles. The molecule has 186 valence electrons. The maximum atomic E-state index is 12.6. The minimum absolute atomic E-state index is 0.104. The number of rotatable bonds is 5. The van der Waals surface area contributed by atoms with Crippen LogP contribution in [0.25, 0.3) is 0 Å². The average Bonchev–Trinajstić information content (AvgIpc) is 3.05. The van der Waals surface area contributed by atoms with Gasteiger partial charge in [0.2, 0.25) is 0 Å². The summed E-state index contributed by atoms with van der Waals surface area (Å²) < 4.78 is 30.6. The second-order valence-corrected chi connectivity index (χ2v) is 14.4. The maximum absolute atomic E-state index is 12.6. The van der Waals surface area contributed by atoms with Crippen LogP contribution in [0.2, 0.25) is 0 Å². The van der Waals surface area contributed by atoms with Gasteiger partial charge >= 0.3 is 5.97 Å². The average molecular weight is 490 g/mol. The maximum Gasteiger partial charge on any atom is 0.306 e. The van der Waals surface area contributed by atoms with Crippen molar-refractivity contribution in [3.63, 3.8) is 0 Å². The van der Waals surface area contributed by atoms with E-state index in [2.05, 4.69) is 18.0 Å². The quantitative estimate of drug-likeness (QED) is 0.380. The van der Waals surface area contributed by atoms with Crippen LogP contribution in [0.3, 0.4) is 0 Å². The Balaban J connectivity index is 1.57. The first-order valence-electron chi connectivity index (χ1n) is 12.2. The van der Waals surface area contributed by atoms with Crippen molar-refractivity contribution in [2.45, 2.75) is 75.7 Å². The van der Waals surface area contributed by atoms with E-state index in [1.165, 1.54) is 5.56 Å². The Labute approximate surface area is 201 Å². The number of piperidine rings is 1. The highest BCUT2D eigenvalue weighted by molar-refractivity contribution is 7.57. The van der Waals surface area contributed by atoms with Crippen LogP contribution < -0.4 is 4.74 Å². The second kappa shape index (κ2) is 7.84. The summed E-state index contributed by atoms with van der Waals surface area (Å²) in [6, 6.07) is 2.05. The standard InChI is InChI=1S/C26H36NO6P/c1-25(2,3)32-21(29)10-7-15-13-19(28)23-22-16(15)14-18-17-8-9-20(33-34(5,6)30)24(31-23)26(17,22)11-12-27(18)4/h8-9,13,17-18,20,24,28H,7,10-12,14H2,1-6H3/t17?,18-,20+,24+,26+/m1/s1. The molecular weight excluding hydrogens is 453 g/mol. The van der Waals surface area contributed by atoms with E-state index in [1.807, 2.05) is 26.8 Å². The molecule has 1 saturated heterocycles. The van der Waals surface area contributed by atoms with E-state index in [0.717, 1.165) is 30.5 Å². The third-order valence-electron chi connectivity index (χ3n) is 7.75. The van der Waals surface area contributed by atoms with Crippen molar-refractivity contribution in [3.8, 4) is 11.5 Å². The number of carbonyl (C=O) groups excluding carboxylic acids is 1. The number of benzene rings is 1. The van der Waals surface area contributed by atoms with E-state index < -0.39 is 19.1 Å². The number of carbonyl (C=O) groups is 1. The summed E-state index contributed by atoms with van der Waals surface area (Å²) in [5, 5.41) is 11.0. The Hall–Kier alpha value is -1.82. The van der Waals surface area contributed by atoms with Crippen molar-refractivity contribution in [2.24, 2.45) is 5.92 Å². The van der Waals surface area contributed by atoms with Crippen LogP contribution in [-0.4, -0.2) is 66.7 Å². The number of ether oxygens (including phenoxy) is 2. The van der Waals surface area contributed by atoms with Crippen molar-refractivity contribution in [2.75, 3.05) is 26.9 Å². The highest BCUT2D eigenvalue weighted by Gasteiger charge is 2.65. The van der Waals surface area contributed by atoms with E-state index in [0.29, 0.717) is 12.2 Å². The van der Waals surface area contributed by atoms with Gasteiger partial charge in [-0.2, -0.15) is 0 Å². The summed E-state index contributed by atoms with van der Waals surface area (Å²) in [6.45, 7) is 9.77. The third kappa shape index (κ3) is 3.81. The number of likely N-dealkylation sites (tertiary alicyclic amines) is 1. The number of aromatic hydroxyl groups is 1. The molecule has 7 nitrogen and oxygen atoms in total. The largest absolute Gasteiger partial charge is 0.504 e. The van der Waals surface area contributed by atoms with Crippen molar-refractivity contribution in [3.05, 3.63) is 34.9 Å². The zero-order valence-electron chi connectivity index (χ0n) is 21.0. The number of hydrogen-bond donors (Lipinski definition) is 1. The minimum atomic E-state index is -2.76. The van der Waals surface area contributed by atoms with Crippen LogP contribution >= 0.6 is 7.37 Å². The molecule has 1 fully saturated rings. The molecule has 1 unspecified atom stereocenters. The summed E-state index contributed by atoms with van der Waals surface area (Å²) in [5.74, 6) is 0.619. The molecule has 5 atom stereocenters. The lowest BCUT2D eigenvalue weighted by Crippen LogP contribution is -2.65. The number of phenols is 1.